The summed E-state index contributed by atoms with van der Waals surface area (Å²) in [5.74, 6) is -56.6. The summed E-state index contributed by atoms with van der Waals surface area (Å²) < 4.78 is 299. The number of nitrogens with zero attached hydrogens (tertiary/aromatic N) is 1. The molecule has 0 rings (SSSR count). The third-order valence-corrected chi connectivity index (χ3v) is 5.15. The van der Waals surface area contributed by atoms with E-state index < -0.39 is 81.3 Å². The summed E-state index contributed by atoms with van der Waals surface area (Å²) in [6.07, 6.45) is -23.9. The van der Waals surface area contributed by atoms with Crippen molar-refractivity contribution in [2.75, 3.05) is 0 Å². The smallest absolute Gasteiger partial charge is 0.395 e. The van der Waals surface area contributed by atoms with Crippen LogP contribution in [0, 0.1) is 0 Å². The van der Waals surface area contributed by atoms with E-state index in [4.69, 9.17) is 0 Å². The number of carbonyl (C=O) groups excluding carboxylic acids is 1. The van der Waals surface area contributed by atoms with Gasteiger partial charge in [-0.3, -0.25) is 0 Å². The van der Waals surface area contributed by atoms with Crippen LogP contribution < -0.4 is 0 Å². The summed E-state index contributed by atoms with van der Waals surface area (Å²) in [5, 5.41) is -4.69. The molecule has 0 aromatic rings. The van der Waals surface area contributed by atoms with E-state index in [0.717, 1.165) is 0 Å². The minimum absolute atomic E-state index is 0.117. The highest BCUT2D eigenvalue weighted by atomic mass is 32.1. The van der Waals surface area contributed by atoms with Crippen molar-refractivity contribution >= 4 is 23.1 Å². The summed E-state index contributed by atoms with van der Waals surface area (Å²) in [6.45, 7) is 2.43. The molecule has 242 valence electrons. The van der Waals surface area contributed by atoms with E-state index in [0.29, 0.717) is 0 Å². The van der Waals surface area contributed by atoms with Gasteiger partial charge in [0.15, 0.2) is 0 Å². The van der Waals surface area contributed by atoms with Gasteiger partial charge in [0.1, 0.15) is 4.86 Å². The van der Waals surface area contributed by atoms with E-state index in [1.54, 1.807) is 0 Å². The molecule has 0 spiro atoms. The molecule has 1 atom stereocenters. The first-order valence-electron chi connectivity index (χ1n) is 8.76. The van der Waals surface area contributed by atoms with Crippen LogP contribution in [0.3, 0.4) is 0 Å². The van der Waals surface area contributed by atoms with Crippen LogP contribution in [0.5, 0.6) is 0 Å². The number of hydrogen-bond acceptors (Lipinski definition) is 4. The van der Waals surface area contributed by atoms with Crippen molar-refractivity contribution in [1.29, 1.82) is 0 Å². The second-order valence-electron chi connectivity index (χ2n) is 7.40. The van der Waals surface area contributed by atoms with Gasteiger partial charge >= 0.3 is 60.0 Å². The third-order valence-electron chi connectivity index (χ3n) is 4.60. The van der Waals surface area contributed by atoms with E-state index in [-0.39, 0.29) is 6.92 Å². The Kier molecular flexibility index (Phi) is 9.60. The molecule has 26 heteroatoms. The van der Waals surface area contributed by atoms with E-state index in [9.17, 15) is 102 Å². The zero-order valence-corrected chi connectivity index (χ0v) is 19.0. The minimum atomic E-state index is -9.38. The topological polar surface area (TPSA) is 29.5 Å². The minimum Gasteiger partial charge on any atom is -0.395 e. The third kappa shape index (κ3) is 5.14. The lowest BCUT2D eigenvalue weighted by Crippen LogP contribution is -2.82. The zero-order chi connectivity index (χ0) is 34.0. The van der Waals surface area contributed by atoms with Gasteiger partial charge in [-0.15, -0.1) is 0 Å². The predicted molar refractivity (Wildman–Crippen MR) is 87.0 cm³/mol. The molecule has 0 N–H and O–H groups in total. The second kappa shape index (κ2) is 10.2. The average Bonchev–Trinajstić information content (AvgIpc) is 2.70. The maximum absolute atomic E-state index is 14.7. The molecule has 0 aliphatic carbocycles. The molecule has 0 amide bonds. The molecule has 3 nitrogen and oxygen atoms in total. The van der Waals surface area contributed by atoms with E-state index in [1.807, 2.05) is 0 Å². The summed E-state index contributed by atoms with van der Waals surface area (Å²) in [7, 11) is 0. The normalized spacial score (nSPS) is 16.9. The fourth-order valence-electron chi connectivity index (χ4n) is 2.37. The molecule has 0 fully saturated rings. The molecule has 0 saturated heterocycles. The maximum Gasteiger partial charge on any atom is 0.460 e. The van der Waals surface area contributed by atoms with Gasteiger partial charge in [0.05, 0.1) is 0 Å². The van der Waals surface area contributed by atoms with Gasteiger partial charge in [-0.05, 0) is 6.92 Å². The van der Waals surface area contributed by atoms with E-state index >= 15 is 0 Å². The summed E-state index contributed by atoms with van der Waals surface area (Å²) >= 11 is 2.72. The lowest BCUT2D eigenvalue weighted by atomic mass is 9.77. The largest absolute Gasteiger partial charge is 0.460 e. The Balaban J connectivity index is 8.23. The number of alkyl halides is 20. The SMILES string of the molecule is C=C(C)C(=O)OC(F)(F)C(C(=S)C(F)(F)C(F)(F)F)(N(F)F)C(F)(F)C(F)(F)C(F)(F)C(F)(F)C(F)(F)C(F)(F)F. The van der Waals surface area contributed by atoms with Gasteiger partial charge in [0.2, 0.25) is 0 Å². The second-order valence-corrected chi connectivity index (χ2v) is 7.81. The van der Waals surface area contributed by atoms with Gasteiger partial charge in [0, 0.05) is 10.9 Å². The maximum atomic E-state index is 14.7. The Hall–Kier alpha value is -2.28. The van der Waals surface area contributed by atoms with Crippen LogP contribution in [0.15, 0.2) is 12.2 Å². The van der Waals surface area contributed by atoms with Gasteiger partial charge in [-0.2, -0.15) is 87.8 Å². The van der Waals surface area contributed by atoms with Crippen LogP contribution >= 0.6 is 12.2 Å². The van der Waals surface area contributed by atoms with Crippen LogP contribution in [-0.4, -0.2) is 75.7 Å². The molecule has 0 saturated carbocycles. The van der Waals surface area contributed by atoms with Crippen molar-refractivity contribution in [3.63, 3.8) is 0 Å². The lowest BCUT2D eigenvalue weighted by molar-refractivity contribution is -0.468. The standard InChI is InChI=1S/C15H5F22NO2S/c1-3(2)4(39)40-15(34,35)6(38(36)37,5(41)7(16,17)13(28,29)30)8(18,19)9(20,21)10(22,23)11(24,25)12(26,27)14(31,32)33/h1H2,2H3. The molecule has 1 unspecified atom stereocenters. The van der Waals surface area contributed by atoms with Crippen LogP contribution in [0.2, 0.25) is 0 Å². The number of esters is 1. The molecule has 0 heterocycles. The highest BCUT2D eigenvalue weighted by molar-refractivity contribution is 7.80. The molecule has 0 aliphatic rings. The first kappa shape index (κ1) is 38.7. The van der Waals surface area contributed by atoms with Gasteiger partial charge < -0.3 is 4.74 Å². The van der Waals surface area contributed by atoms with Crippen molar-refractivity contribution < 1.29 is 106 Å². The monoisotopic (exact) mass is 681 g/mol. The van der Waals surface area contributed by atoms with Gasteiger partial charge in [-0.25, -0.2) is 4.79 Å². The van der Waals surface area contributed by atoms with Crippen molar-refractivity contribution in [3.8, 4) is 0 Å². The Morgan fingerprint density at radius 1 is 0.610 bits per heavy atom. The number of hydrogen-bond donors (Lipinski definition) is 0. The number of carbonyl (C=O) groups is 1. The van der Waals surface area contributed by atoms with Gasteiger partial charge in [0.25, 0.3) is 5.54 Å². The molecule has 0 aromatic heterocycles. The average molecular weight is 681 g/mol. The van der Waals surface area contributed by atoms with E-state index in [2.05, 4.69) is 23.5 Å². The Bertz CT molecular complexity index is 1040. The Morgan fingerprint density at radius 2 is 0.927 bits per heavy atom. The molecule has 0 aromatic carbocycles. The molecular formula is C15H5F22NO2S. The van der Waals surface area contributed by atoms with Gasteiger partial charge in [-0.1, -0.05) is 27.8 Å². The molecule has 0 bridgehead atoms. The van der Waals surface area contributed by atoms with Crippen molar-refractivity contribution in [2.24, 2.45) is 0 Å². The highest BCUT2D eigenvalue weighted by Gasteiger charge is 2.98. The first-order chi connectivity index (χ1) is 17.4. The quantitative estimate of drug-likeness (QED) is 0.0732. The molecular weight excluding hydrogens is 676 g/mol. The van der Waals surface area contributed by atoms with Crippen LogP contribution in [0.4, 0.5) is 96.8 Å². The molecule has 0 radical (unpaired) electrons. The fourth-order valence-corrected chi connectivity index (χ4v) is 2.80. The van der Waals surface area contributed by atoms with Crippen LogP contribution in [0.25, 0.3) is 0 Å². The number of halogens is 22. The highest BCUT2D eigenvalue weighted by Crippen LogP contribution is 2.65. The summed E-state index contributed by atoms with van der Waals surface area (Å²) in [6, 6.07) is 0. The Labute approximate surface area is 214 Å². The summed E-state index contributed by atoms with van der Waals surface area (Å²) in [5.41, 5.74) is -10.1. The van der Waals surface area contributed by atoms with E-state index in [1.165, 1.54) is 0 Å². The lowest BCUT2D eigenvalue weighted by Gasteiger charge is -2.48. The zero-order valence-electron chi connectivity index (χ0n) is 18.2. The number of rotatable bonds is 11. The first-order valence-corrected chi connectivity index (χ1v) is 9.17. The number of thiocarbonyl (C=S) groups is 1. The van der Waals surface area contributed by atoms with Crippen LogP contribution in [0.1, 0.15) is 6.92 Å². The number of ether oxygens (including phenoxy) is 1. The summed E-state index contributed by atoms with van der Waals surface area (Å²) in [4.78, 5) is 5.96. The predicted octanol–water partition coefficient (Wildman–Crippen LogP) is 7.81. The van der Waals surface area contributed by atoms with Crippen LogP contribution in [-0.2, 0) is 9.53 Å². The fraction of sp³-hybridized carbons (Fsp3) is 0.733. The molecule has 0 aliphatic heterocycles. The molecule has 41 heavy (non-hydrogen) atoms. The Morgan fingerprint density at radius 3 is 1.20 bits per heavy atom. The van der Waals surface area contributed by atoms with Crippen molar-refractivity contribution in [2.45, 2.75) is 66.5 Å². The van der Waals surface area contributed by atoms with Crippen molar-refractivity contribution in [1.82, 2.24) is 5.34 Å². The van der Waals surface area contributed by atoms with Crippen molar-refractivity contribution in [3.05, 3.63) is 12.2 Å².